The van der Waals surface area contributed by atoms with E-state index in [2.05, 4.69) is 139 Å². The molecule has 0 spiro atoms. The summed E-state index contributed by atoms with van der Waals surface area (Å²) in [5.74, 6) is 0. The zero-order chi connectivity index (χ0) is 27.2. The lowest BCUT2D eigenvalue weighted by Gasteiger charge is -2.49. The van der Waals surface area contributed by atoms with Crippen LogP contribution in [0.2, 0.25) is 0 Å². The van der Waals surface area contributed by atoms with Crippen LogP contribution in [0.4, 0.5) is 11.4 Å². The summed E-state index contributed by atoms with van der Waals surface area (Å²) in [6, 6.07) is 41.4. The average Bonchev–Trinajstić information content (AvgIpc) is 3.34. The van der Waals surface area contributed by atoms with Crippen molar-refractivity contribution in [2.75, 3.05) is 4.81 Å². The molecule has 2 nitrogen and oxygen atoms in total. The quantitative estimate of drug-likeness (QED) is 0.183. The van der Waals surface area contributed by atoms with Gasteiger partial charge in [-0.1, -0.05) is 111 Å². The zero-order valence-electron chi connectivity index (χ0n) is 23.4. The smallest absolute Gasteiger partial charge is 0.333 e. The topological polar surface area (TPSA) is 8.17 Å². The van der Waals surface area contributed by atoms with Gasteiger partial charge in [-0.25, -0.2) is 0 Å². The highest BCUT2D eigenvalue weighted by molar-refractivity contribution is 6.93. The van der Waals surface area contributed by atoms with Crippen molar-refractivity contribution in [2.24, 2.45) is 0 Å². The van der Waals surface area contributed by atoms with E-state index in [1.165, 1.54) is 88.4 Å². The third-order valence-electron chi connectivity index (χ3n) is 10.2. The summed E-state index contributed by atoms with van der Waals surface area (Å²) in [5, 5.41) is 5.25. The molecule has 0 aliphatic carbocycles. The Morgan fingerprint density at radius 3 is 2.29 bits per heavy atom. The highest BCUT2D eigenvalue weighted by Crippen LogP contribution is 2.55. The van der Waals surface area contributed by atoms with Crippen LogP contribution >= 0.6 is 0 Å². The molecule has 3 heteroatoms. The van der Waals surface area contributed by atoms with Gasteiger partial charge in [-0.05, 0) is 57.6 Å². The minimum Gasteiger partial charge on any atom is -0.376 e. The van der Waals surface area contributed by atoms with Crippen LogP contribution in [0.5, 0.6) is 0 Å². The Labute approximate surface area is 239 Å². The maximum atomic E-state index is 2.68. The predicted octanol–water partition coefficient (Wildman–Crippen LogP) is 8.12. The van der Waals surface area contributed by atoms with Gasteiger partial charge < -0.3 is 9.38 Å². The SMILES string of the molecule is Cc1cc2c3c(c1)-n1c4c(cccc4c4ccc5ccccc5c41)B3N1c3ccccc3C(C)(C)c3cccc-2c31. The first kappa shape index (κ1) is 22.0. The van der Waals surface area contributed by atoms with E-state index in [1.54, 1.807) is 0 Å². The molecule has 0 unspecified atom stereocenters. The minimum atomic E-state index is -0.0862. The lowest BCUT2D eigenvalue weighted by Crippen LogP contribution is -2.62. The molecule has 1 aromatic heterocycles. The molecule has 7 aromatic rings. The van der Waals surface area contributed by atoms with E-state index in [1.807, 2.05) is 0 Å². The fourth-order valence-corrected chi connectivity index (χ4v) is 8.48. The Bertz CT molecular complexity index is 2320. The Hall–Kier alpha value is -4.76. The number of anilines is 2. The fourth-order valence-electron chi connectivity index (χ4n) is 8.48. The molecule has 3 aliphatic rings. The second kappa shape index (κ2) is 7.11. The molecule has 10 rings (SSSR count). The van der Waals surface area contributed by atoms with E-state index in [4.69, 9.17) is 0 Å². The van der Waals surface area contributed by atoms with Gasteiger partial charge in [-0.2, -0.15) is 0 Å². The molecule has 0 amide bonds. The first-order valence-electron chi connectivity index (χ1n) is 14.7. The van der Waals surface area contributed by atoms with E-state index in [-0.39, 0.29) is 12.3 Å². The fraction of sp³-hybridized carbons (Fsp3) is 0.105. The number of para-hydroxylation sites is 3. The van der Waals surface area contributed by atoms with Crippen molar-refractivity contribution in [1.29, 1.82) is 0 Å². The standard InChI is InChI=1S/C38H27BN2/c1-22-20-28-26-12-8-15-30-36(26)41(32-17-7-6-14-29(32)38(30,2)3)39-31-16-9-13-25-27-19-18-23-10-4-5-11-24(23)35(27)40(37(25)31)33(21-22)34(28)39/h4-21H,1-3H3. The molecule has 0 fully saturated rings. The van der Waals surface area contributed by atoms with Crippen LogP contribution in [0.1, 0.15) is 30.5 Å². The van der Waals surface area contributed by atoms with Crippen LogP contribution in [0.3, 0.4) is 0 Å². The summed E-state index contributed by atoms with van der Waals surface area (Å²) in [7, 11) is 0. The van der Waals surface area contributed by atoms with Gasteiger partial charge in [0.2, 0.25) is 0 Å². The van der Waals surface area contributed by atoms with Crippen molar-refractivity contribution in [1.82, 2.24) is 4.57 Å². The van der Waals surface area contributed by atoms with Gasteiger partial charge in [0.15, 0.2) is 0 Å². The normalized spacial score (nSPS) is 15.3. The molecule has 0 radical (unpaired) electrons. The number of nitrogens with zero attached hydrogens (tertiary/aromatic N) is 2. The first-order valence-corrected chi connectivity index (χ1v) is 14.7. The lowest BCUT2D eigenvalue weighted by molar-refractivity contribution is 0.634. The molecule has 41 heavy (non-hydrogen) atoms. The van der Waals surface area contributed by atoms with Crippen molar-refractivity contribution in [3.05, 3.63) is 126 Å². The van der Waals surface area contributed by atoms with Crippen LogP contribution in [-0.2, 0) is 5.41 Å². The first-order chi connectivity index (χ1) is 20.0. The molecule has 6 aromatic carbocycles. The summed E-state index contributed by atoms with van der Waals surface area (Å²) in [6.07, 6.45) is 0. The van der Waals surface area contributed by atoms with Crippen LogP contribution in [0, 0.1) is 6.92 Å². The zero-order valence-corrected chi connectivity index (χ0v) is 23.4. The van der Waals surface area contributed by atoms with Crippen molar-refractivity contribution in [3.63, 3.8) is 0 Å². The van der Waals surface area contributed by atoms with Gasteiger partial charge in [0.1, 0.15) is 0 Å². The maximum absolute atomic E-state index is 2.68. The van der Waals surface area contributed by atoms with Crippen LogP contribution in [-0.4, -0.2) is 11.4 Å². The van der Waals surface area contributed by atoms with Gasteiger partial charge in [0, 0.05) is 44.2 Å². The van der Waals surface area contributed by atoms with Gasteiger partial charge in [0.25, 0.3) is 0 Å². The number of aryl methyl sites for hydroxylation is 1. The maximum Gasteiger partial charge on any atom is 0.333 e. The van der Waals surface area contributed by atoms with Crippen LogP contribution in [0.15, 0.2) is 109 Å². The molecule has 0 saturated heterocycles. The molecule has 0 atom stereocenters. The highest BCUT2D eigenvalue weighted by Gasteiger charge is 2.49. The summed E-state index contributed by atoms with van der Waals surface area (Å²) in [6.45, 7) is 7.13. The van der Waals surface area contributed by atoms with Gasteiger partial charge in [0.05, 0.1) is 11.0 Å². The minimum absolute atomic E-state index is 0.0862. The van der Waals surface area contributed by atoms with Gasteiger partial charge >= 0.3 is 6.85 Å². The molecule has 0 saturated carbocycles. The number of rotatable bonds is 0. The lowest BCUT2D eigenvalue weighted by atomic mass is 9.43. The molecule has 0 bridgehead atoms. The second-order valence-electron chi connectivity index (χ2n) is 12.6. The Morgan fingerprint density at radius 2 is 1.37 bits per heavy atom. The number of fused-ring (bicyclic) bond motifs is 11. The molecule has 4 heterocycles. The second-order valence-corrected chi connectivity index (χ2v) is 12.6. The van der Waals surface area contributed by atoms with E-state index >= 15 is 0 Å². The summed E-state index contributed by atoms with van der Waals surface area (Å²) in [4.78, 5) is 2.68. The monoisotopic (exact) mass is 522 g/mol. The van der Waals surface area contributed by atoms with Gasteiger partial charge in [-0.15, -0.1) is 0 Å². The van der Waals surface area contributed by atoms with Crippen LogP contribution < -0.4 is 15.7 Å². The predicted molar refractivity (Wildman–Crippen MR) is 174 cm³/mol. The van der Waals surface area contributed by atoms with Crippen molar-refractivity contribution >= 4 is 61.7 Å². The third kappa shape index (κ3) is 2.44. The molecular weight excluding hydrogens is 495 g/mol. The number of hydrogen-bond acceptors (Lipinski definition) is 1. The molecular formula is C38H27BN2. The number of hydrogen-bond donors (Lipinski definition) is 0. The summed E-state index contributed by atoms with van der Waals surface area (Å²) >= 11 is 0. The van der Waals surface area contributed by atoms with Gasteiger partial charge in [-0.3, -0.25) is 0 Å². The van der Waals surface area contributed by atoms with Crippen molar-refractivity contribution < 1.29 is 0 Å². The van der Waals surface area contributed by atoms with E-state index in [0.717, 1.165) is 0 Å². The van der Waals surface area contributed by atoms with Crippen molar-refractivity contribution in [2.45, 2.75) is 26.2 Å². The third-order valence-corrected chi connectivity index (χ3v) is 10.2. The Morgan fingerprint density at radius 1 is 0.610 bits per heavy atom. The molecule has 0 N–H and O–H groups in total. The summed E-state index contributed by atoms with van der Waals surface area (Å²) < 4.78 is 2.60. The molecule has 3 aliphatic heterocycles. The number of aromatic nitrogens is 1. The average molecular weight is 522 g/mol. The van der Waals surface area contributed by atoms with E-state index < -0.39 is 0 Å². The highest BCUT2D eigenvalue weighted by atomic mass is 15.1. The Balaban J connectivity index is 1.46. The number of benzene rings is 6. The summed E-state index contributed by atoms with van der Waals surface area (Å²) in [5.41, 5.74) is 16.2. The largest absolute Gasteiger partial charge is 0.376 e. The van der Waals surface area contributed by atoms with Crippen molar-refractivity contribution in [3.8, 4) is 16.8 Å². The van der Waals surface area contributed by atoms with E-state index in [0.29, 0.717) is 0 Å². The Kier molecular flexibility index (Phi) is 3.81. The van der Waals surface area contributed by atoms with E-state index in [9.17, 15) is 0 Å². The molecule has 192 valence electrons. The van der Waals surface area contributed by atoms with Crippen LogP contribution in [0.25, 0.3) is 49.4 Å².